The number of pyridine rings is 1. The molecule has 2 aromatic heterocycles. The van der Waals surface area contributed by atoms with Gasteiger partial charge in [0.1, 0.15) is 0 Å². The maximum atomic E-state index is 12.1. The van der Waals surface area contributed by atoms with Crippen LogP contribution in [0, 0.1) is 0 Å². The minimum atomic E-state index is -4.38. The van der Waals surface area contributed by atoms with Crippen LogP contribution in [0.15, 0.2) is 40.1 Å². The first-order chi connectivity index (χ1) is 12.9. The van der Waals surface area contributed by atoms with Crippen molar-refractivity contribution in [2.24, 2.45) is 4.99 Å². The fourth-order valence-corrected chi connectivity index (χ4v) is 2.96. The summed E-state index contributed by atoms with van der Waals surface area (Å²) < 4.78 is 41.0. The molecule has 2 N–H and O–H groups in total. The minimum absolute atomic E-state index is 0.0605. The lowest BCUT2D eigenvalue weighted by Crippen LogP contribution is -2.39. The standard InChI is InChI=1S/C18H23F3N4OS/c1-3-22-17(24-8-13(2)15-6-7-27-11-15)25-10-14-4-5-16(23-9-14)26-12-18(19,20)21/h4-7,9,11,13H,3,8,10,12H2,1-2H3,(H2,22,24,25). The lowest BCUT2D eigenvalue weighted by atomic mass is 10.1. The van der Waals surface area contributed by atoms with Crippen LogP contribution in [-0.2, 0) is 6.54 Å². The van der Waals surface area contributed by atoms with E-state index in [9.17, 15) is 13.2 Å². The Morgan fingerprint density at radius 3 is 2.70 bits per heavy atom. The summed E-state index contributed by atoms with van der Waals surface area (Å²) in [5.41, 5.74) is 2.06. The maximum absolute atomic E-state index is 12.1. The number of nitrogens with zero attached hydrogens (tertiary/aromatic N) is 2. The number of alkyl halides is 3. The molecule has 0 saturated carbocycles. The van der Waals surface area contributed by atoms with E-state index in [1.165, 1.54) is 17.8 Å². The lowest BCUT2D eigenvalue weighted by molar-refractivity contribution is -0.154. The molecular formula is C18H23F3N4OS. The van der Waals surface area contributed by atoms with Crippen LogP contribution in [0.5, 0.6) is 5.88 Å². The van der Waals surface area contributed by atoms with Crippen LogP contribution in [0.25, 0.3) is 0 Å². The monoisotopic (exact) mass is 400 g/mol. The molecule has 0 spiro atoms. The smallest absolute Gasteiger partial charge is 0.422 e. The zero-order valence-corrected chi connectivity index (χ0v) is 16.0. The average Bonchev–Trinajstić information content (AvgIpc) is 3.17. The highest BCUT2D eigenvalue weighted by Gasteiger charge is 2.28. The third kappa shape index (κ3) is 7.86. The first kappa shape index (κ1) is 21.0. The Balaban J connectivity index is 1.87. The molecule has 0 fully saturated rings. The number of hydrogen-bond acceptors (Lipinski definition) is 4. The van der Waals surface area contributed by atoms with Gasteiger partial charge in [0.05, 0.1) is 6.54 Å². The summed E-state index contributed by atoms with van der Waals surface area (Å²) in [6.07, 6.45) is -2.91. The fraction of sp³-hybridized carbons (Fsp3) is 0.444. The molecule has 0 bridgehead atoms. The molecule has 9 heteroatoms. The third-order valence-electron chi connectivity index (χ3n) is 3.63. The summed E-state index contributed by atoms with van der Waals surface area (Å²) >= 11 is 1.67. The molecule has 148 valence electrons. The molecule has 0 aromatic carbocycles. The predicted molar refractivity (Wildman–Crippen MR) is 101 cm³/mol. The second-order valence-corrected chi connectivity index (χ2v) is 6.72. The van der Waals surface area contributed by atoms with Crippen LogP contribution in [-0.4, -0.2) is 36.8 Å². The number of aliphatic imine (C=N–C) groups is 1. The average molecular weight is 400 g/mol. The third-order valence-corrected chi connectivity index (χ3v) is 4.33. The van der Waals surface area contributed by atoms with Crippen LogP contribution in [0.3, 0.4) is 0 Å². The Kier molecular flexibility index (Phi) is 7.90. The van der Waals surface area contributed by atoms with Gasteiger partial charge in [-0.3, -0.25) is 0 Å². The van der Waals surface area contributed by atoms with E-state index in [-0.39, 0.29) is 5.88 Å². The van der Waals surface area contributed by atoms with Crippen LogP contribution >= 0.6 is 11.3 Å². The van der Waals surface area contributed by atoms with Gasteiger partial charge in [-0.25, -0.2) is 9.98 Å². The van der Waals surface area contributed by atoms with Crippen molar-refractivity contribution in [1.29, 1.82) is 0 Å². The SMILES string of the molecule is CCNC(=NCc1ccc(OCC(F)(F)F)nc1)NCC(C)c1ccsc1. The van der Waals surface area contributed by atoms with Crippen LogP contribution in [0.4, 0.5) is 13.2 Å². The number of guanidine groups is 1. The normalized spacial score (nSPS) is 13.3. The summed E-state index contributed by atoms with van der Waals surface area (Å²) in [6, 6.07) is 5.17. The van der Waals surface area contributed by atoms with Gasteiger partial charge in [-0.2, -0.15) is 24.5 Å². The largest absolute Gasteiger partial charge is 0.468 e. The van der Waals surface area contributed by atoms with E-state index in [4.69, 9.17) is 0 Å². The molecule has 0 aliphatic carbocycles. The van der Waals surface area contributed by atoms with Crippen molar-refractivity contribution in [3.05, 3.63) is 46.3 Å². The maximum Gasteiger partial charge on any atom is 0.422 e. The number of halogens is 3. The van der Waals surface area contributed by atoms with E-state index in [1.54, 1.807) is 17.4 Å². The minimum Gasteiger partial charge on any atom is -0.468 e. The lowest BCUT2D eigenvalue weighted by Gasteiger charge is -2.15. The topological polar surface area (TPSA) is 58.5 Å². The molecule has 2 rings (SSSR count). The highest BCUT2D eigenvalue weighted by Crippen LogP contribution is 2.18. The van der Waals surface area contributed by atoms with Gasteiger partial charge >= 0.3 is 6.18 Å². The van der Waals surface area contributed by atoms with Gasteiger partial charge in [0, 0.05) is 25.4 Å². The first-order valence-corrected chi connectivity index (χ1v) is 9.50. The number of nitrogens with one attached hydrogen (secondary N) is 2. The zero-order chi connectivity index (χ0) is 19.7. The molecule has 0 aliphatic heterocycles. The number of rotatable bonds is 8. The van der Waals surface area contributed by atoms with Crippen molar-refractivity contribution in [2.75, 3.05) is 19.7 Å². The number of ether oxygens (including phenoxy) is 1. The van der Waals surface area contributed by atoms with Gasteiger partial charge in [-0.1, -0.05) is 13.0 Å². The molecule has 27 heavy (non-hydrogen) atoms. The van der Waals surface area contributed by atoms with Crippen LogP contribution < -0.4 is 15.4 Å². The number of thiophene rings is 1. The number of hydrogen-bond donors (Lipinski definition) is 2. The Morgan fingerprint density at radius 2 is 2.11 bits per heavy atom. The van der Waals surface area contributed by atoms with Crippen LogP contribution in [0.2, 0.25) is 0 Å². The molecule has 5 nitrogen and oxygen atoms in total. The van der Waals surface area contributed by atoms with Crippen molar-refractivity contribution in [2.45, 2.75) is 32.5 Å². The van der Waals surface area contributed by atoms with Gasteiger partial charge in [0.25, 0.3) is 0 Å². The molecule has 1 atom stereocenters. The van der Waals surface area contributed by atoms with Crippen molar-refractivity contribution in [3.8, 4) is 5.88 Å². The first-order valence-electron chi connectivity index (χ1n) is 8.56. The molecule has 0 amide bonds. The zero-order valence-electron chi connectivity index (χ0n) is 15.2. The summed E-state index contributed by atoms with van der Waals surface area (Å²) in [4.78, 5) is 8.37. The summed E-state index contributed by atoms with van der Waals surface area (Å²) in [5.74, 6) is 0.971. The molecule has 2 heterocycles. The van der Waals surface area contributed by atoms with Crippen molar-refractivity contribution in [1.82, 2.24) is 15.6 Å². The second kappa shape index (κ2) is 10.1. The van der Waals surface area contributed by atoms with E-state index in [0.717, 1.165) is 18.7 Å². The van der Waals surface area contributed by atoms with Gasteiger partial charge in [-0.15, -0.1) is 0 Å². The van der Waals surface area contributed by atoms with Crippen molar-refractivity contribution in [3.63, 3.8) is 0 Å². The molecule has 0 saturated heterocycles. The molecule has 0 aliphatic rings. The van der Waals surface area contributed by atoms with Gasteiger partial charge in [-0.05, 0) is 40.8 Å². The van der Waals surface area contributed by atoms with E-state index >= 15 is 0 Å². The van der Waals surface area contributed by atoms with E-state index < -0.39 is 12.8 Å². The summed E-state index contributed by atoms with van der Waals surface area (Å²) in [6.45, 7) is 4.59. The van der Waals surface area contributed by atoms with Crippen LogP contribution in [0.1, 0.15) is 30.9 Å². The van der Waals surface area contributed by atoms with E-state index in [2.05, 4.69) is 49.1 Å². The van der Waals surface area contributed by atoms with Gasteiger partial charge < -0.3 is 15.4 Å². The predicted octanol–water partition coefficient (Wildman–Crippen LogP) is 3.94. The van der Waals surface area contributed by atoms with E-state index in [0.29, 0.717) is 18.4 Å². The molecule has 2 aromatic rings. The Bertz CT molecular complexity index is 702. The molecule has 1 unspecified atom stereocenters. The summed E-state index contributed by atoms with van der Waals surface area (Å²) in [7, 11) is 0. The Hall–Kier alpha value is -2.29. The molecular weight excluding hydrogens is 377 g/mol. The van der Waals surface area contributed by atoms with Gasteiger partial charge in [0.2, 0.25) is 5.88 Å². The van der Waals surface area contributed by atoms with E-state index in [1.807, 2.05) is 6.92 Å². The Labute approximate surface area is 160 Å². The summed E-state index contributed by atoms with van der Waals surface area (Å²) in [5, 5.41) is 10.7. The quantitative estimate of drug-likeness (QED) is 0.521. The highest BCUT2D eigenvalue weighted by molar-refractivity contribution is 7.07. The highest BCUT2D eigenvalue weighted by atomic mass is 32.1. The second-order valence-electron chi connectivity index (χ2n) is 5.94. The Morgan fingerprint density at radius 1 is 1.30 bits per heavy atom. The molecule has 0 radical (unpaired) electrons. The number of aromatic nitrogens is 1. The van der Waals surface area contributed by atoms with Crippen molar-refractivity contribution >= 4 is 17.3 Å². The van der Waals surface area contributed by atoms with Gasteiger partial charge in [0.15, 0.2) is 12.6 Å². The fourth-order valence-electron chi connectivity index (χ4n) is 2.18. The van der Waals surface area contributed by atoms with Crippen molar-refractivity contribution < 1.29 is 17.9 Å².